The van der Waals surface area contributed by atoms with E-state index in [1.54, 1.807) is 11.8 Å². The summed E-state index contributed by atoms with van der Waals surface area (Å²) in [6.07, 6.45) is 3.53. The molecule has 2 fully saturated rings. The Balaban J connectivity index is 1.80. The van der Waals surface area contributed by atoms with Crippen molar-refractivity contribution < 1.29 is 9.59 Å². The third-order valence-corrected chi connectivity index (χ3v) is 4.95. The minimum Gasteiger partial charge on any atom is -0.339 e. The highest BCUT2D eigenvalue weighted by molar-refractivity contribution is 5.79. The van der Waals surface area contributed by atoms with Gasteiger partial charge < -0.3 is 15.5 Å². The second kappa shape index (κ2) is 7.22. The number of rotatable bonds is 4. The molecule has 6 heteroatoms. The molecule has 1 heterocycles. The van der Waals surface area contributed by atoms with Crippen LogP contribution in [0, 0.1) is 5.92 Å². The molecule has 2 unspecified atom stereocenters. The Hall–Kier alpha value is -1.14. The molecule has 2 N–H and O–H groups in total. The van der Waals surface area contributed by atoms with Crippen molar-refractivity contribution in [2.45, 2.75) is 32.2 Å². The van der Waals surface area contributed by atoms with Crippen molar-refractivity contribution >= 4 is 11.8 Å². The molecule has 2 amide bonds. The quantitative estimate of drug-likeness (QED) is 0.776. The van der Waals surface area contributed by atoms with Crippen molar-refractivity contribution in [3.63, 3.8) is 0 Å². The third kappa shape index (κ3) is 3.95. The maximum absolute atomic E-state index is 12.4. The van der Waals surface area contributed by atoms with Gasteiger partial charge in [0.25, 0.3) is 0 Å². The van der Waals surface area contributed by atoms with E-state index in [1.165, 1.54) is 12.8 Å². The predicted octanol–water partition coefficient (Wildman–Crippen LogP) is -0.264. The van der Waals surface area contributed by atoms with Gasteiger partial charge in [-0.1, -0.05) is 6.42 Å². The summed E-state index contributed by atoms with van der Waals surface area (Å²) in [6.45, 7) is 5.35. The van der Waals surface area contributed by atoms with Crippen LogP contribution in [0.15, 0.2) is 0 Å². The molecule has 0 aromatic heterocycles. The molecule has 21 heavy (non-hydrogen) atoms. The Bertz CT molecular complexity index is 380. The SMILES string of the molecule is CC(=O)N1CCN(C(=O)CN(C)C2CCCC2CN)CC1. The van der Waals surface area contributed by atoms with E-state index in [9.17, 15) is 9.59 Å². The van der Waals surface area contributed by atoms with Crippen molar-refractivity contribution in [3.8, 4) is 0 Å². The second-order valence-electron chi connectivity index (χ2n) is 6.30. The van der Waals surface area contributed by atoms with Gasteiger partial charge in [-0.25, -0.2) is 0 Å². The highest BCUT2D eigenvalue weighted by Crippen LogP contribution is 2.28. The van der Waals surface area contributed by atoms with E-state index in [0.717, 1.165) is 6.42 Å². The first-order valence-corrected chi connectivity index (χ1v) is 7.96. The van der Waals surface area contributed by atoms with Crippen LogP contribution in [0.4, 0.5) is 0 Å². The van der Waals surface area contributed by atoms with Crippen LogP contribution in [0.3, 0.4) is 0 Å². The number of nitrogens with two attached hydrogens (primary N) is 1. The van der Waals surface area contributed by atoms with Crippen LogP contribution in [0.5, 0.6) is 0 Å². The van der Waals surface area contributed by atoms with E-state index < -0.39 is 0 Å². The van der Waals surface area contributed by atoms with Gasteiger partial charge in [0, 0.05) is 39.1 Å². The average molecular weight is 296 g/mol. The highest BCUT2D eigenvalue weighted by atomic mass is 16.2. The number of hydrogen-bond donors (Lipinski definition) is 1. The zero-order valence-electron chi connectivity index (χ0n) is 13.3. The number of hydrogen-bond acceptors (Lipinski definition) is 4. The maximum atomic E-state index is 12.4. The van der Waals surface area contributed by atoms with E-state index in [-0.39, 0.29) is 11.8 Å². The number of piperazine rings is 1. The topological polar surface area (TPSA) is 69.9 Å². The fourth-order valence-electron chi connectivity index (χ4n) is 3.57. The number of likely N-dealkylation sites (N-methyl/N-ethyl adjacent to an activating group) is 1. The molecule has 0 bridgehead atoms. The molecule has 0 spiro atoms. The number of nitrogens with zero attached hydrogens (tertiary/aromatic N) is 3. The lowest BCUT2D eigenvalue weighted by Gasteiger charge is -2.36. The zero-order chi connectivity index (χ0) is 15.4. The van der Waals surface area contributed by atoms with Gasteiger partial charge in [0.1, 0.15) is 0 Å². The molecule has 1 saturated carbocycles. The van der Waals surface area contributed by atoms with Gasteiger partial charge in [-0.2, -0.15) is 0 Å². The van der Waals surface area contributed by atoms with E-state index in [4.69, 9.17) is 5.73 Å². The molecule has 2 atom stereocenters. The van der Waals surface area contributed by atoms with E-state index in [2.05, 4.69) is 4.90 Å². The summed E-state index contributed by atoms with van der Waals surface area (Å²) >= 11 is 0. The van der Waals surface area contributed by atoms with E-state index in [1.807, 2.05) is 11.9 Å². The minimum absolute atomic E-state index is 0.0935. The van der Waals surface area contributed by atoms with Gasteiger partial charge in [0.2, 0.25) is 11.8 Å². The van der Waals surface area contributed by atoms with Crippen LogP contribution in [-0.4, -0.2) is 78.9 Å². The molecule has 2 aliphatic rings. The summed E-state index contributed by atoms with van der Waals surface area (Å²) in [4.78, 5) is 29.5. The lowest BCUT2D eigenvalue weighted by Crippen LogP contribution is -2.53. The normalized spacial score (nSPS) is 26.5. The standard InChI is InChI=1S/C15H28N4O2/c1-12(20)18-6-8-19(9-7-18)15(21)11-17(2)14-5-3-4-13(14)10-16/h13-14H,3-11,16H2,1-2H3. The Morgan fingerprint density at radius 2 is 1.76 bits per heavy atom. The van der Waals surface area contributed by atoms with Crippen LogP contribution in [0.25, 0.3) is 0 Å². The van der Waals surface area contributed by atoms with Crippen LogP contribution in [0.2, 0.25) is 0 Å². The Morgan fingerprint density at radius 3 is 2.33 bits per heavy atom. The largest absolute Gasteiger partial charge is 0.339 e. The lowest BCUT2D eigenvalue weighted by molar-refractivity contribution is -0.139. The van der Waals surface area contributed by atoms with Crippen molar-refractivity contribution in [1.29, 1.82) is 0 Å². The van der Waals surface area contributed by atoms with Gasteiger partial charge in [-0.05, 0) is 32.4 Å². The minimum atomic E-state index is 0.0935. The highest BCUT2D eigenvalue weighted by Gasteiger charge is 2.31. The molecule has 120 valence electrons. The van der Waals surface area contributed by atoms with E-state index in [0.29, 0.717) is 51.2 Å². The summed E-state index contributed by atoms with van der Waals surface area (Å²) in [7, 11) is 2.03. The van der Waals surface area contributed by atoms with Crippen LogP contribution < -0.4 is 5.73 Å². The molecule has 1 aliphatic heterocycles. The molecule has 0 radical (unpaired) electrons. The Kier molecular flexibility index (Phi) is 5.58. The lowest BCUT2D eigenvalue weighted by atomic mass is 10.0. The zero-order valence-corrected chi connectivity index (χ0v) is 13.3. The molecule has 0 aromatic carbocycles. The molecular formula is C15H28N4O2. The summed E-state index contributed by atoms with van der Waals surface area (Å²) in [5.74, 6) is 0.789. The van der Waals surface area contributed by atoms with Crippen molar-refractivity contribution in [3.05, 3.63) is 0 Å². The molecule has 6 nitrogen and oxygen atoms in total. The second-order valence-corrected chi connectivity index (χ2v) is 6.30. The van der Waals surface area contributed by atoms with Crippen molar-refractivity contribution in [1.82, 2.24) is 14.7 Å². The van der Waals surface area contributed by atoms with Gasteiger partial charge in [0.05, 0.1) is 6.54 Å². The predicted molar refractivity (Wildman–Crippen MR) is 81.6 cm³/mol. The van der Waals surface area contributed by atoms with Gasteiger partial charge >= 0.3 is 0 Å². The number of carbonyl (C=O) groups excluding carboxylic acids is 2. The third-order valence-electron chi connectivity index (χ3n) is 4.95. The van der Waals surface area contributed by atoms with Gasteiger partial charge in [-0.3, -0.25) is 14.5 Å². The first-order valence-electron chi connectivity index (χ1n) is 7.96. The van der Waals surface area contributed by atoms with Gasteiger partial charge in [0.15, 0.2) is 0 Å². The summed E-state index contributed by atoms with van der Waals surface area (Å²) in [6, 6.07) is 0.442. The molecule has 1 aliphatic carbocycles. The van der Waals surface area contributed by atoms with Crippen LogP contribution in [0.1, 0.15) is 26.2 Å². The maximum Gasteiger partial charge on any atom is 0.236 e. The van der Waals surface area contributed by atoms with Crippen LogP contribution in [-0.2, 0) is 9.59 Å². The van der Waals surface area contributed by atoms with Crippen LogP contribution >= 0.6 is 0 Å². The molecule has 0 aromatic rings. The smallest absolute Gasteiger partial charge is 0.236 e. The fourth-order valence-corrected chi connectivity index (χ4v) is 3.57. The van der Waals surface area contributed by atoms with Crippen molar-refractivity contribution in [2.75, 3.05) is 46.3 Å². The Morgan fingerprint density at radius 1 is 1.14 bits per heavy atom. The number of carbonyl (C=O) groups is 2. The number of amides is 2. The average Bonchev–Trinajstić information content (AvgIpc) is 2.95. The summed E-state index contributed by atoms with van der Waals surface area (Å²) in [5.41, 5.74) is 5.82. The van der Waals surface area contributed by atoms with Gasteiger partial charge in [-0.15, -0.1) is 0 Å². The fraction of sp³-hybridized carbons (Fsp3) is 0.867. The first-order chi connectivity index (χ1) is 10.0. The summed E-state index contributed by atoms with van der Waals surface area (Å²) < 4.78 is 0. The first kappa shape index (κ1) is 16.2. The summed E-state index contributed by atoms with van der Waals surface area (Å²) in [5, 5.41) is 0. The monoisotopic (exact) mass is 296 g/mol. The Labute approximate surface area is 127 Å². The molecule has 1 saturated heterocycles. The van der Waals surface area contributed by atoms with Crippen molar-refractivity contribution in [2.24, 2.45) is 11.7 Å². The molecular weight excluding hydrogens is 268 g/mol. The van der Waals surface area contributed by atoms with E-state index >= 15 is 0 Å². The molecule has 2 rings (SSSR count).